The summed E-state index contributed by atoms with van der Waals surface area (Å²) < 4.78 is 7.40. The Morgan fingerprint density at radius 3 is 2.85 bits per heavy atom. The van der Waals surface area contributed by atoms with Crippen molar-refractivity contribution in [1.29, 1.82) is 0 Å². The molecule has 0 spiro atoms. The summed E-state index contributed by atoms with van der Waals surface area (Å²) in [5.74, 6) is -0.955. The lowest BCUT2D eigenvalue weighted by Crippen LogP contribution is -2.32. The highest BCUT2D eigenvalue weighted by Gasteiger charge is 2.45. The molecule has 138 valence electrons. The Kier molecular flexibility index (Phi) is 4.64. The summed E-state index contributed by atoms with van der Waals surface area (Å²) in [5, 5.41) is 12.2. The van der Waals surface area contributed by atoms with E-state index in [1.54, 1.807) is 42.2 Å². The summed E-state index contributed by atoms with van der Waals surface area (Å²) in [4.78, 5) is 31.6. The van der Waals surface area contributed by atoms with Gasteiger partial charge in [0, 0.05) is 25.5 Å². The van der Waals surface area contributed by atoms with E-state index in [2.05, 4.69) is 4.98 Å². The van der Waals surface area contributed by atoms with E-state index in [4.69, 9.17) is 4.42 Å². The summed E-state index contributed by atoms with van der Waals surface area (Å²) in [7, 11) is 0. The van der Waals surface area contributed by atoms with Crippen molar-refractivity contribution in [1.82, 2.24) is 14.5 Å². The number of aryl methyl sites for hydroxylation is 1. The summed E-state index contributed by atoms with van der Waals surface area (Å²) in [6.45, 7) is 1.04. The predicted octanol–water partition coefficient (Wildman–Crippen LogP) is 3.21. The Balaban J connectivity index is 1.62. The average Bonchev–Trinajstić information content (AvgIpc) is 3.45. The average molecular weight is 383 g/mol. The van der Waals surface area contributed by atoms with E-state index in [-0.39, 0.29) is 11.4 Å². The third-order valence-electron chi connectivity index (χ3n) is 4.48. The number of Topliss-reactive ketones (excluding diaryl/α,β-unsaturated/α-hetero) is 1. The molecule has 4 heterocycles. The predicted molar refractivity (Wildman–Crippen MR) is 98.3 cm³/mol. The lowest BCUT2D eigenvalue weighted by atomic mass is 10.00. The van der Waals surface area contributed by atoms with Crippen molar-refractivity contribution in [3.63, 3.8) is 0 Å². The van der Waals surface area contributed by atoms with Crippen LogP contribution in [-0.2, 0) is 11.3 Å². The van der Waals surface area contributed by atoms with E-state index in [0.717, 1.165) is 0 Å². The Morgan fingerprint density at radius 1 is 1.30 bits per heavy atom. The number of hydrogen-bond donors (Lipinski definition) is 1. The number of aliphatic hydroxyl groups is 1. The molecule has 0 saturated carbocycles. The van der Waals surface area contributed by atoms with Gasteiger partial charge >= 0.3 is 0 Å². The van der Waals surface area contributed by atoms with Crippen molar-refractivity contribution in [2.75, 3.05) is 6.54 Å². The number of hydrogen-bond acceptors (Lipinski definition) is 6. The standard InChI is InChI=1S/C19H17N3O4S/c23-17(14-5-2-11-27-14)15-16(13-4-1-10-26-13)22(19(25)18(15)24)8-3-7-21-9-6-20-12-21/h1-2,4-6,9-12,16,24H,3,7-8H2/t16-/m1/s1. The molecule has 0 fully saturated rings. The van der Waals surface area contributed by atoms with Crippen molar-refractivity contribution in [2.45, 2.75) is 19.0 Å². The van der Waals surface area contributed by atoms with E-state index in [9.17, 15) is 14.7 Å². The van der Waals surface area contributed by atoms with Crippen LogP contribution in [-0.4, -0.2) is 37.8 Å². The van der Waals surface area contributed by atoms with Crippen molar-refractivity contribution in [3.8, 4) is 0 Å². The van der Waals surface area contributed by atoms with Crippen LogP contribution in [0.3, 0.4) is 0 Å². The first-order valence-corrected chi connectivity index (χ1v) is 9.36. The zero-order valence-electron chi connectivity index (χ0n) is 14.3. The van der Waals surface area contributed by atoms with E-state index in [0.29, 0.717) is 30.1 Å². The summed E-state index contributed by atoms with van der Waals surface area (Å²) >= 11 is 1.27. The van der Waals surface area contributed by atoms with Crippen LogP contribution in [0.15, 0.2) is 70.4 Å². The van der Waals surface area contributed by atoms with Crippen LogP contribution in [0.4, 0.5) is 0 Å². The smallest absolute Gasteiger partial charge is 0.290 e. The number of furan rings is 1. The minimum absolute atomic E-state index is 0.0695. The van der Waals surface area contributed by atoms with E-state index in [1.807, 2.05) is 10.8 Å². The molecule has 0 aliphatic carbocycles. The molecule has 1 N–H and O–H groups in total. The zero-order valence-corrected chi connectivity index (χ0v) is 15.1. The molecule has 1 aliphatic rings. The Bertz CT molecular complexity index is 959. The fraction of sp³-hybridized carbons (Fsp3) is 0.211. The third kappa shape index (κ3) is 3.19. The van der Waals surface area contributed by atoms with Crippen LogP contribution in [0.25, 0.3) is 0 Å². The molecule has 0 aromatic carbocycles. The van der Waals surface area contributed by atoms with Gasteiger partial charge < -0.3 is 19.0 Å². The number of thiophene rings is 1. The molecular formula is C19H17N3O4S. The lowest BCUT2D eigenvalue weighted by molar-refractivity contribution is -0.129. The molecule has 0 radical (unpaired) electrons. The summed E-state index contributed by atoms with van der Waals surface area (Å²) in [6.07, 6.45) is 7.38. The molecule has 0 saturated heterocycles. The van der Waals surface area contributed by atoms with E-state index in [1.165, 1.54) is 22.5 Å². The monoisotopic (exact) mass is 383 g/mol. The van der Waals surface area contributed by atoms with Crippen molar-refractivity contribution in [2.24, 2.45) is 0 Å². The maximum atomic E-state index is 12.9. The van der Waals surface area contributed by atoms with E-state index >= 15 is 0 Å². The number of ketones is 1. The summed E-state index contributed by atoms with van der Waals surface area (Å²) in [6, 6.07) is 6.12. The van der Waals surface area contributed by atoms with Crippen molar-refractivity contribution < 1.29 is 19.1 Å². The number of carbonyl (C=O) groups excluding carboxylic acids is 2. The second-order valence-corrected chi connectivity index (χ2v) is 7.09. The zero-order chi connectivity index (χ0) is 18.8. The molecule has 1 atom stereocenters. The van der Waals surface area contributed by atoms with Gasteiger partial charge in [-0.2, -0.15) is 0 Å². The minimum Gasteiger partial charge on any atom is -0.503 e. The molecule has 3 aromatic rings. The number of aliphatic hydroxyl groups excluding tert-OH is 1. The first-order valence-electron chi connectivity index (χ1n) is 8.48. The highest BCUT2D eigenvalue weighted by molar-refractivity contribution is 7.12. The summed E-state index contributed by atoms with van der Waals surface area (Å²) in [5.41, 5.74) is 0.0695. The number of amides is 1. The highest BCUT2D eigenvalue weighted by Crippen LogP contribution is 2.39. The number of rotatable bonds is 7. The second kappa shape index (κ2) is 7.24. The molecular weight excluding hydrogens is 366 g/mol. The first kappa shape index (κ1) is 17.3. The van der Waals surface area contributed by atoms with Gasteiger partial charge in [-0.1, -0.05) is 6.07 Å². The van der Waals surface area contributed by atoms with E-state index < -0.39 is 17.7 Å². The molecule has 8 heteroatoms. The molecule has 4 rings (SSSR count). The number of imidazole rings is 1. The second-order valence-electron chi connectivity index (χ2n) is 6.14. The maximum Gasteiger partial charge on any atom is 0.290 e. The highest BCUT2D eigenvalue weighted by atomic mass is 32.1. The number of aromatic nitrogens is 2. The lowest BCUT2D eigenvalue weighted by Gasteiger charge is -2.24. The molecule has 7 nitrogen and oxygen atoms in total. The van der Waals surface area contributed by atoms with Gasteiger partial charge in [0.25, 0.3) is 5.91 Å². The SMILES string of the molecule is O=C(C1=C(O)C(=O)N(CCCn2ccnc2)[C@@H]1c1ccco1)c1cccs1. The fourth-order valence-corrected chi connectivity index (χ4v) is 3.92. The van der Waals surface area contributed by atoms with Gasteiger partial charge in [0.15, 0.2) is 5.76 Å². The van der Waals surface area contributed by atoms with Crippen LogP contribution in [0.5, 0.6) is 0 Å². The molecule has 1 amide bonds. The van der Waals surface area contributed by atoms with Gasteiger partial charge in [0.05, 0.1) is 23.0 Å². The fourth-order valence-electron chi connectivity index (χ4n) is 3.24. The van der Waals surface area contributed by atoms with Gasteiger partial charge in [0.1, 0.15) is 11.8 Å². The quantitative estimate of drug-likeness (QED) is 0.633. The third-order valence-corrected chi connectivity index (χ3v) is 5.35. The van der Waals surface area contributed by atoms with Crippen LogP contribution in [0.2, 0.25) is 0 Å². The Labute approximate surface area is 159 Å². The van der Waals surface area contributed by atoms with Gasteiger partial charge in [0.2, 0.25) is 5.78 Å². The van der Waals surface area contributed by atoms with Gasteiger partial charge in [-0.3, -0.25) is 9.59 Å². The topological polar surface area (TPSA) is 88.6 Å². The number of nitrogens with zero attached hydrogens (tertiary/aromatic N) is 3. The van der Waals surface area contributed by atoms with Crippen LogP contribution >= 0.6 is 11.3 Å². The van der Waals surface area contributed by atoms with Crippen LogP contribution in [0.1, 0.15) is 27.9 Å². The van der Waals surface area contributed by atoms with Crippen LogP contribution < -0.4 is 0 Å². The van der Waals surface area contributed by atoms with Crippen molar-refractivity contribution in [3.05, 3.63) is 76.6 Å². The largest absolute Gasteiger partial charge is 0.503 e. The normalized spacial score (nSPS) is 17.1. The molecule has 27 heavy (non-hydrogen) atoms. The molecule has 3 aromatic heterocycles. The first-order chi connectivity index (χ1) is 13.2. The minimum atomic E-state index is -0.732. The molecule has 0 bridgehead atoms. The molecule has 0 unspecified atom stereocenters. The van der Waals surface area contributed by atoms with Gasteiger partial charge in [-0.25, -0.2) is 4.98 Å². The molecule has 1 aliphatic heterocycles. The number of carbonyl (C=O) groups is 2. The van der Waals surface area contributed by atoms with Crippen LogP contribution in [0, 0.1) is 0 Å². The van der Waals surface area contributed by atoms with Gasteiger partial charge in [-0.05, 0) is 30.0 Å². The maximum absolute atomic E-state index is 12.9. The van der Waals surface area contributed by atoms with Crippen molar-refractivity contribution >= 4 is 23.0 Å². The van der Waals surface area contributed by atoms with Gasteiger partial charge in [-0.15, -0.1) is 11.3 Å². The Morgan fingerprint density at radius 2 is 2.19 bits per heavy atom. The Hall–Kier alpha value is -3.13.